The molecule has 3 nitrogen and oxygen atoms in total. The summed E-state index contributed by atoms with van der Waals surface area (Å²) in [4.78, 5) is 6.39. The maximum Gasteiger partial charge on any atom is 0.100 e. The monoisotopic (exact) mass is 301 g/mol. The van der Waals surface area contributed by atoms with Crippen LogP contribution in [-0.2, 0) is 6.54 Å². The molecule has 0 fully saturated rings. The molecule has 1 heterocycles. The number of nitrogens with zero attached hydrogens (tertiary/aromatic N) is 3. The third-order valence-corrected chi connectivity index (χ3v) is 3.30. The molecule has 0 saturated heterocycles. The zero-order valence-corrected chi connectivity index (χ0v) is 11.6. The second kappa shape index (κ2) is 5.65. The van der Waals surface area contributed by atoms with Crippen molar-refractivity contribution in [2.24, 2.45) is 0 Å². The molecule has 0 spiro atoms. The normalized spacial score (nSPS) is 9.83. The molecule has 0 N–H and O–H groups in total. The summed E-state index contributed by atoms with van der Waals surface area (Å²) in [7, 11) is 2.00. The summed E-state index contributed by atoms with van der Waals surface area (Å²) in [6, 6.07) is 13.7. The third kappa shape index (κ3) is 2.88. The number of benzene rings is 1. The first-order valence-corrected chi connectivity index (χ1v) is 6.30. The molecule has 0 aliphatic heterocycles. The Kier molecular flexibility index (Phi) is 3.96. The second-order valence-corrected chi connectivity index (χ2v) is 4.81. The quantitative estimate of drug-likeness (QED) is 0.873. The van der Waals surface area contributed by atoms with E-state index in [1.165, 1.54) is 0 Å². The standard InChI is InChI=1S/C14H12BrN3/c1-18(10-12-4-2-3-7-17-12)13-6-5-11(9-16)14(15)8-13/h2-8H,10H2,1H3. The Morgan fingerprint density at radius 3 is 2.78 bits per heavy atom. The third-order valence-electron chi connectivity index (χ3n) is 2.64. The first-order valence-electron chi connectivity index (χ1n) is 5.51. The molecule has 1 aromatic carbocycles. The molecule has 2 rings (SSSR count). The zero-order valence-electron chi connectivity index (χ0n) is 9.97. The highest BCUT2D eigenvalue weighted by Gasteiger charge is 2.06. The molecular formula is C14H12BrN3. The van der Waals surface area contributed by atoms with Gasteiger partial charge in [0, 0.05) is 23.4 Å². The molecule has 0 bridgehead atoms. The molecule has 0 saturated carbocycles. The van der Waals surface area contributed by atoms with E-state index in [0.29, 0.717) is 5.56 Å². The van der Waals surface area contributed by atoms with E-state index in [-0.39, 0.29) is 0 Å². The minimum absolute atomic E-state index is 0.644. The lowest BCUT2D eigenvalue weighted by atomic mass is 10.2. The minimum Gasteiger partial charge on any atom is -0.369 e. The fraction of sp³-hybridized carbons (Fsp3) is 0.143. The van der Waals surface area contributed by atoms with Gasteiger partial charge >= 0.3 is 0 Å². The largest absolute Gasteiger partial charge is 0.369 e. The molecule has 0 radical (unpaired) electrons. The molecule has 2 aromatic rings. The molecule has 18 heavy (non-hydrogen) atoms. The van der Waals surface area contributed by atoms with Crippen LogP contribution in [0.25, 0.3) is 0 Å². The van der Waals surface area contributed by atoms with Crippen molar-refractivity contribution in [2.75, 3.05) is 11.9 Å². The Bertz CT molecular complexity index is 575. The fourth-order valence-electron chi connectivity index (χ4n) is 1.66. The lowest BCUT2D eigenvalue weighted by molar-refractivity contribution is 0.884. The van der Waals surface area contributed by atoms with Crippen LogP contribution < -0.4 is 4.90 Å². The zero-order chi connectivity index (χ0) is 13.0. The van der Waals surface area contributed by atoms with Crippen LogP contribution in [0, 0.1) is 11.3 Å². The van der Waals surface area contributed by atoms with Gasteiger partial charge in [-0.2, -0.15) is 5.26 Å². The first-order chi connectivity index (χ1) is 8.70. The van der Waals surface area contributed by atoms with E-state index in [0.717, 1.165) is 22.4 Å². The van der Waals surface area contributed by atoms with Crippen LogP contribution >= 0.6 is 15.9 Å². The van der Waals surface area contributed by atoms with Crippen molar-refractivity contribution in [2.45, 2.75) is 6.54 Å². The van der Waals surface area contributed by atoms with Crippen molar-refractivity contribution < 1.29 is 0 Å². The summed E-state index contributed by atoms with van der Waals surface area (Å²) in [5, 5.41) is 8.88. The highest BCUT2D eigenvalue weighted by molar-refractivity contribution is 9.10. The van der Waals surface area contributed by atoms with Gasteiger partial charge in [-0.05, 0) is 46.3 Å². The lowest BCUT2D eigenvalue weighted by Gasteiger charge is -2.19. The number of anilines is 1. The molecule has 0 atom stereocenters. The van der Waals surface area contributed by atoms with Gasteiger partial charge in [0.1, 0.15) is 6.07 Å². The highest BCUT2D eigenvalue weighted by Crippen LogP contribution is 2.23. The lowest BCUT2D eigenvalue weighted by Crippen LogP contribution is -2.17. The number of hydrogen-bond donors (Lipinski definition) is 0. The average Bonchev–Trinajstić information content (AvgIpc) is 2.39. The Morgan fingerprint density at radius 1 is 1.33 bits per heavy atom. The molecule has 1 aromatic heterocycles. The average molecular weight is 302 g/mol. The van der Waals surface area contributed by atoms with Crippen LogP contribution in [0.2, 0.25) is 0 Å². The van der Waals surface area contributed by atoms with Gasteiger partial charge in [0.05, 0.1) is 17.8 Å². The van der Waals surface area contributed by atoms with Crippen molar-refractivity contribution in [1.82, 2.24) is 4.98 Å². The van der Waals surface area contributed by atoms with Gasteiger partial charge in [0.2, 0.25) is 0 Å². The SMILES string of the molecule is CN(Cc1ccccn1)c1ccc(C#N)c(Br)c1. The smallest absolute Gasteiger partial charge is 0.100 e. The number of rotatable bonds is 3. The maximum absolute atomic E-state index is 8.88. The summed E-state index contributed by atoms with van der Waals surface area (Å²) in [5.74, 6) is 0. The number of hydrogen-bond acceptors (Lipinski definition) is 3. The fourth-order valence-corrected chi connectivity index (χ4v) is 2.11. The maximum atomic E-state index is 8.88. The number of pyridine rings is 1. The summed E-state index contributed by atoms with van der Waals surface area (Å²) in [6.45, 7) is 0.735. The summed E-state index contributed by atoms with van der Waals surface area (Å²) in [6.07, 6.45) is 1.79. The van der Waals surface area contributed by atoms with Gasteiger partial charge in [0.15, 0.2) is 0 Å². The molecule has 0 aliphatic rings. The minimum atomic E-state index is 0.644. The highest BCUT2D eigenvalue weighted by atomic mass is 79.9. The number of aromatic nitrogens is 1. The predicted octanol–water partition coefficient (Wildman–Crippen LogP) is 3.35. The number of halogens is 1. The van der Waals surface area contributed by atoms with Crippen molar-refractivity contribution in [1.29, 1.82) is 5.26 Å². The van der Waals surface area contributed by atoms with Gasteiger partial charge < -0.3 is 4.90 Å². The Labute approximate surface area is 115 Å². The van der Waals surface area contributed by atoms with Crippen LogP contribution in [0.3, 0.4) is 0 Å². The van der Waals surface area contributed by atoms with E-state index in [1.54, 1.807) is 6.20 Å². The second-order valence-electron chi connectivity index (χ2n) is 3.95. The molecule has 90 valence electrons. The van der Waals surface area contributed by atoms with Gasteiger partial charge in [-0.3, -0.25) is 4.98 Å². The van der Waals surface area contributed by atoms with E-state index in [4.69, 9.17) is 5.26 Å². The van der Waals surface area contributed by atoms with E-state index < -0.39 is 0 Å². The van der Waals surface area contributed by atoms with E-state index >= 15 is 0 Å². The van der Waals surface area contributed by atoms with Crippen LogP contribution in [0.15, 0.2) is 47.1 Å². The van der Waals surface area contributed by atoms with E-state index in [9.17, 15) is 0 Å². The van der Waals surface area contributed by atoms with Crippen molar-refractivity contribution in [3.8, 4) is 6.07 Å². The molecular weight excluding hydrogens is 290 g/mol. The number of nitriles is 1. The van der Waals surface area contributed by atoms with Crippen LogP contribution in [0.5, 0.6) is 0 Å². The van der Waals surface area contributed by atoms with E-state index in [2.05, 4.69) is 31.9 Å². The first kappa shape index (κ1) is 12.6. The van der Waals surface area contributed by atoms with Gasteiger partial charge in [0.25, 0.3) is 0 Å². The summed E-state index contributed by atoms with van der Waals surface area (Å²) < 4.78 is 0.815. The molecule has 0 amide bonds. The summed E-state index contributed by atoms with van der Waals surface area (Å²) in [5.41, 5.74) is 2.71. The predicted molar refractivity (Wildman–Crippen MR) is 75.2 cm³/mol. The van der Waals surface area contributed by atoms with Crippen molar-refractivity contribution in [3.63, 3.8) is 0 Å². The summed E-state index contributed by atoms with van der Waals surface area (Å²) >= 11 is 3.40. The Morgan fingerprint density at radius 2 is 2.17 bits per heavy atom. The van der Waals surface area contributed by atoms with Crippen molar-refractivity contribution in [3.05, 3.63) is 58.3 Å². The molecule has 0 unspecified atom stereocenters. The van der Waals surface area contributed by atoms with Crippen molar-refractivity contribution >= 4 is 21.6 Å². The van der Waals surface area contributed by atoms with Crippen LogP contribution in [0.1, 0.15) is 11.3 Å². The Hall–Kier alpha value is -1.86. The Balaban J connectivity index is 2.17. The molecule has 0 aliphatic carbocycles. The van der Waals surface area contributed by atoms with Gasteiger partial charge in [-0.1, -0.05) is 6.07 Å². The van der Waals surface area contributed by atoms with Crippen LogP contribution in [-0.4, -0.2) is 12.0 Å². The van der Waals surface area contributed by atoms with Gasteiger partial charge in [-0.25, -0.2) is 0 Å². The van der Waals surface area contributed by atoms with Gasteiger partial charge in [-0.15, -0.1) is 0 Å². The molecule has 4 heteroatoms. The van der Waals surface area contributed by atoms with E-state index in [1.807, 2.05) is 43.4 Å². The topological polar surface area (TPSA) is 39.9 Å². The van der Waals surface area contributed by atoms with Crippen LogP contribution in [0.4, 0.5) is 5.69 Å².